The molecule has 0 radical (unpaired) electrons. The van der Waals surface area contributed by atoms with Crippen molar-refractivity contribution < 1.29 is 14.3 Å². The normalized spacial score (nSPS) is 24.6. The van der Waals surface area contributed by atoms with E-state index < -0.39 is 0 Å². The number of nitrogens with two attached hydrogens (primary N) is 1. The van der Waals surface area contributed by atoms with E-state index in [1.165, 1.54) is 7.11 Å². The van der Waals surface area contributed by atoms with Crippen LogP contribution in [0, 0.1) is 5.92 Å². The van der Waals surface area contributed by atoms with Gasteiger partial charge >= 0.3 is 5.97 Å². The quantitative estimate of drug-likeness (QED) is 0.615. The Labute approximate surface area is 83.2 Å². The molecule has 1 aliphatic heterocycles. The van der Waals surface area contributed by atoms with Crippen molar-refractivity contribution in [3.8, 4) is 0 Å². The second-order valence-corrected chi connectivity index (χ2v) is 3.58. The largest absolute Gasteiger partial charge is 0.469 e. The van der Waals surface area contributed by atoms with Crippen LogP contribution in [-0.2, 0) is 14.3 Å². The Hall–Kier alpha value is -1.10. The van der Waals surface area contributed by atoms with E-state index in [1.54, 1.807) is 6.92 Å². The van der Waals surface area contributed by atoms with Crippen molar-refractivity contribution in [2.24, 2.45) is 11.7 Å². The third kappa shape index (κ3) is 2.23. The van der Waals surface area contributed by atoms with Gasteiger partial charge in [-0.05, 0) is 19.9 Å². The Kier molecular flexibility index (Phi) is 3.46. The van der Waals surface area contributed by atoms with E-state index in [2.05, 4.69) is 4.74 Å². The van der Waals surface area contributed by atoms with Crippen molar-refractivity contribution in [2.45, 2.75) is 19.4 Å². The Morgan fingerprint density at radius 2 is 2.21 bits per heavy atom. The average Bonchev–Trinajstić information content (AvgIpc) is 2.64. The molecule has 5 heteroatoms. The number of primary amides is 1. The number of carbonyl (C=O) groups is 2. The van der Waals surface area contributed by atoms with Crippen LogP contribution in [0.15, 0.2) is 0 Å². The lowest BCUT2D eigenvalue weighted by molar-refractivity contribution is -0.145. The van der Waals surface area contributed by atoms with Crippen LogP contribution in [-0.4, -0.2) is 43.0 Å². The second kappa shape index (κ2) is 4.41. The smallest absolute Gasteiger partial charge is 0.310 e. The van der Waals surface area contributed by atoms with Gasteiger partial charge in [-0.2, -0.15) is 0 Å². The van der Waals surface area contributed by atoms with Gasteiger partial charge in [0.05, 0.1) is 19.1 Å². The lowest BCUT2D eigenvalue weighted by atomic mass is 10.1. The van der Waals surface area contributed by atoms with E-state index in [9.17, 15) is 9.59 Å². The molecule has 1 amide bonds. The first-order valence-corrected chi connectivity index (χ1v) is 4.67. The summed E-state index contributed by atoms with van der Waals surface area (Å²) in [5.41, 5.74) is 5.17. The molecule has 0 aromatic rings. The van der Waals surface area contributed by atoms with Gasteiger partial charge in [0.1, 0.15) is 0 Å². The van der Waals surface area contributed by atoms with Crippen LogP contribution >= 0.6 is 0 Å². The van der Waals surface area contributed by atoms with Gasteiger partial charge in [-0.25, -0.2) is 0 Å². The van der Waals surface area contributed by atoms with Gasteiger partial charge in [-0.15, -0.1) is 0 Å². The maximum atomic E-state index is 11.2. The second-order valence-electron chi connectivity index (χ2n) is 3.58. The molecule has 2 N–H and O–H groups in total. The Morgan fingerprint density at radius 3 is 2.71 bits per heavy atom. The molecule has 0 saturated carbocycles. The summed E-state index contributed by atoms with van der Waals surface area (Å²) >= 11 is 0. The van der Waals surface area contributed by atoms with Gasteiger partial charge in [-0.1, -0.05) is 0 Å². The zero-order valence-electron chi connectivity index (χ0n) is 8.53. The summed E-state index contributed by atoms with van der Waals surface area (Å²) in [5.74, 6) is -0.665. The van der Waals surface area contributed by atoms with Crippen LogP contribution in [0.1, 0.15) is 13.3 Å². The highest BCUT2D eigenvalue weighted by molar-refractivity contribution is 5.79. The fourth-order valence-electron chi connectivity index (χ4n) is 1.68. The summed E-state index contributed by atoms with van der Waals surface area (Å²) in [6.45, 7) is 3.04. The molecule has 1 rings (SSSR count). The summed E-state index contributed by atoms with van der Waals surface area (Å²) in [7, 11) is 1.38. The predicted molar refractivity (Wildman–Crippen MR) is 50.4 cm³/mol. The summed E-state index contributed by atoms with van der Waals surface area (Å²) in [6, 6.07) is -0.301. The maximum absolute atomic E-state index is 11.2. The summed E-state index contributed by atoms with van der Waals surface area (Å²) < 4.78 is 4.64. The number of hydrogen-bond donors (Lipinski definition) is 1. The van der Waals surface area contributed by atoms with Crippen molar-refractivity contribution in [3.05, 3.63) is 0 Å². The molecular formula is C9H16N2O3. The van der Waals surface area contributed by atoms with Crippen molar-refractivity contribution in [2.75, 3.05) is 20.2 Å². The van der Waals surface area contributed by atoms with Gasteiger partial charge in [0.15, 0.2) is 0 Å². The molecule has 1 fully saturated rings. The fourth-order valence-corrected chi connectivity index (χ4v) is 1.68. The van der Waals surface area contributed by atoms with Crippen molar-refractivity contribution in [1.29, 1.82) is 0 Å². The van der Waals surface area contributed by atoms with Crippen molar-refractivity contribution in [3.63, 3.8) is 0 Å². The van der Waals surface area contributed by atoms with E-state index in [0.29, 0.717) is 6.54 Å². The lowest BCUT2D eigenvalue weighted by Crippen LogP contribution is -2.41. The number of likely N-dealkylation sites (tertiary alicyclic amines) is 1. The number of methoxy groups -OCH3 is 1. The molecule has 5 nitrogen and oxygen atoms in total. The monoisotopic (exact) mass is 200 g/mol. The number of carbonyl (C=O) groups excluding carboxylic acids is 2. The summed E-state index contributed by atoms with van der Waals surface area (Å²) in [4.78, 5) is 24.0. The molecule has 1 aliphatic rings. The number of esters is 1. The Morgan fingerprint density at radius 1 is 1.57 bits per heavy atom. The number of rotatable bonds is 3. The van der Waals surface area contributed by atoms with Crippen LogP contribution in [0.2, 0.25) is 0 Å². The summed E-state index contributed by atoms with van der Waals surface area (Å²) in [6.07, 6.45) is 0.740. The van der Waals surface area contributed by atoms with E-state index in [4.69, 9.17) is 5.73 Å². The minimum atomic E-state index is -0.351. The summed E-state index contributed by atoms with van der Waals surface area (Å²) in [5, 5.41) is 0. The Balaban J connectivity index is 2.49. The van der Waals surface area contributed by atoms with E-state index in [1.807, 2.05) is 4.90 Å². The van der Waals surface area contributed by atoms with Crippen LogP contribution in [0.4, 0.5) is 0 Å². The standard InChI is InChI=1S/C9H16N2O3/c1-6(8(10)12)11-4-3-7(5-11)9(13)14-2/h6-7H,3-5H2,1-2H3,(H2,10,12). The van der Waals surface area contributed by atoms with Crippen LogP contribution < -0.4 is 5.73 Å². The minimum absolute atomic E-state index is 0.109. The zero-order chi connectivity index (χ0) is 10.7. The molecule has 0 aliphatic carbocycles. The maximum Gasteiger partial charge on any atom is 0.310 e. The van der Waals surface area contributed by atoms with Gasteiger partial charge in [0, 0.05) is 6.54 Å². The average molecular weight is 200 g/mol. The number of nitrogens with zero attached hydrogens (tertiary/aromatic N) is 1. The van der Waals surface area contributed by atoms with E-state index in [-0.39, 0.29) is 23.8 Å². The molecule has 0 spiro atoms. The number of amides is 1. The highest BCUT2D eigenvalue weighted by atomic mass is 16.5. The van der Waals surface area contributed by atoms with Crippen molar-refractivity contribution >= 4 is 11.9 Å². The Bertz CT molecular complexity index is 242. The SMILES string of the molecule is COC(=O)C1CCN(C(C)C(N)=O)C1. The molecule has 14 heavy (non-hydrogen) atoms. The first kappa shape index (κ1) is 11.0. The fraction of sp³-hybridized carbons (Fsp3) is 0.778. The third-order valence-corrected chi connectivity index (χ3v) is 2.71. The van der Waals surface area contributed by atoms with Crippen LogP contribution in [0.25, 0.3) is 0 Å². The first-order chi connectivity index (χ1) is 6.56. The highest BCUT2D eigenvalue weighted by Gasteiger charge is 2.32. The van der Waals surface area contributed by atoms with Gasteiger partial charge in [0.2, 0.25) is 5.91 Å². The molecule has 0 aromatic carbocycles. The number of ether oxygens (including phenoxy) is 1. The molecule has 2 unspecified atom stereocenters. The zero-order valence-corrected chi connectivity index (χ0v) is 8.53. The van der Waals surface area contributed by atoms with Gasteiger partial charge in [0.25, 0.3) is 0 Å². The predicted octanol–water partition coefficient (Wildman–Crippen LogP) is -0.645. The topological polar surface area (TPSA) is 72.6 Å². The van der Waals surface area contributed by atoms with Crippen molar-refractivity contribution in [1.82, 2.24) is 4.90 Å². The molecular weight excluding hydrogens is 184 g/mol. The highest BCUT2D eigenvalue weighted by Crippen LogP contribution is 2.19. The molecule has 1 saturated heterocycles. The number of hydrogen-bond acceptors (Lipinski definition) is 4. The first-order valence-electron chi connectivity index (χ1n) is 4.67. The lowest BCUT2D eigenvalue weighted by Gasteiger charge is -2.20. The van der Waals surface area contributed by atoms with Gasteiger partial charge < -0.3 is 10.5 Å². The van der Waals surface area contributed by atoms with Crippen LogP contribution in [0.5, 0.6) is 0 Å². The minimum Gasteiger partial charge on any atom is -0.469 e. The van der Waals surface area contributed by atoms with Gasteiger partial charge in [-0.3, -0.25) is 14.5 Å². The third-order valence-electron chi connectivity index (χ3n) is 2.71. The van der Waals surface area contributed by atoms with Crippen LogP contribution in [0.3, 0.4) is 0 Å². The van der Waals surface area contributed by atoms with E-state index in [0.717, 1.165) is 13.0 Å². The molecule has 2 atom stereocenters. The molecule has 1 heterocycles. The van der Waals surface area contributed by atoms with E-state index >= 15 is 0 Å². The molecule has 80 valence electrons. The molecule has 0 aromatic heterocycles. The molecule has 0 bridgehead atoms.